The van der Waals surface area contributed by atoms with Crippen molar-refractivity contribution in [2.24, 2.45) is 73.8 Å². The number of nitrogens with zero attached hydrogens (tertiary/aromatic N) is 2. The molecule has 0 saturated heterocycles. The quantitative estimate of drug-likeness (QED) is 0.0175. The maximum atomic E-state index is 14.6. The number of hydrogen-bond donors (Lipinski definition) is 21. The van der Waals surface area contributed by atoms with Crippen LogP contribution in [-0.2, 0) is 78.3 Å². The number of carbonyl (C=O) groups is 15. The fourth-order valence-electron chi connectivity index (χ4n) is 11.4. The molecule has 610 valence electrons. The highest BCUT2D eigenvalue weighted by atomic mass is 16.4. The van der Waals surface area contributed by atoms with Crippen molar-refractivity contribution in [1.82, 2.24) is 68.8 Å². The molecule has 0 saturated carbocycles. The van der Waals surface area contributed by atoms with E-state index < -0.39 is 186 Å². The number of aliphatic imine (C=N–C) groups is 2. The van der Waals surface area contributed by atoms with Gasteiger partial charge in [-0.2, -0.15) is 0 Å². The molecule has 38 heteroatoms. The Hall–Kier alpha value is -10.7. The Morgan fingerprint density at radius 2 is 0.807 bits per heavy atom. The van der Waals surface area contributed by atoms with Crippen molar-refractivity contribution in [1.29, 1.82) is 0 Å². The standard InChI is InChI=1S/C71H120N22O16/c1-12-39(8)57(93-60(100)41(10)83-61(101)48(22-17-29-79-70(75)76)86-63(103)47(21-15-16-28-72)87-68(108)54(84-42(11)94)34-43-35-81-45-20-14-13-19-44(43)45)69(109)92-53(33-38(6)7)66(106)88-49(23-18-30-80-71(77)78)62(102)82-40(9)59(99)90-51(31-36(2)3)67(107)91-52(32-37(4)5)65(105)89-50(24-26-55(73)95)64(104)85-46(58(74)98)25-27-56(96)97/h13-14,19-20,35-41,46-54,57,81H,12,15-18,21-34,72H2,1-11H3,(H2,73,95)(H2,74,98)(H,82,102)(H,83,101)(H,84,94)(H,85,104)(H,86,103)(H,87,108)(H,88,106)(H,89,105)(H,90,99)(H,91,107)(H,92,109)(H,93,100)(H,96,97)(H4,75,76,79)(H4,77,78,80)/t39-,40-,41-,46-,47-,48-,49-,50-,51-,52-,53-,54-,57-/m0/s1. The molecule has 0 bridgehead atoms. The van der Waals surface area contributed by atoms with Gasteiger partial charge in [-0.25, -0.2) is 0 Å². The molecule has 0 radical (unpaired) electrons. The number of aromatic amines is 1. The number of carbonyl (C=O) groups excluding carboxylic acids is 14. The smallest absolute Gasteiger partial charge is 0.303 e. The van der Waals surface area contributed by atoms with Gasteiger partial charge in [0.05, 0.1) is 0 Å². The van der Waals surface area contributed by atoms with Gasteiger partial charge in [-0.05, 0) is 133 Å². The first-order valence-corrected chi connectivity index (χ1v) is 36.9. The summed E-state index contributed by atoms with van der Waals surface area (Å²) in [5.41, 5.74) is 40.4. The van der Waals surface area contributed by atoms with Gasteiger partial charge in [-0.15, -0.1) is 0 Å². The minimum absolute atomic E-state index is 0.000771. The number of amides is 14. The van der Waals surface area contributed by atoms with Gasteiger partial charge < -0.3 is 114 Å². The minimum Gasteiger partial charge on any atom is -0.481 e. The van der Waals surface area contributed by atoms with Crippen LogP contribution in [-0.4, -0.2) is 203 Å². The molecule has 2 rings (SSSR count). The molecule has 0 unspecified atom stereocenters. The summed E-state index contributed by atoms with van der Waals surface area (Å²) in [6, 6.07) is -8.95. The number of hydrogen-bond acceptors (Lipinski definition) is 18. The first kappa shape index (κ1) is 94.4. The Morgan fingerprint density at radius 3 is 1.22 bits per heavy atom. The fraction of sp³-hybridized carbons (Fsp3) is 0.648. The minimum atomic E-state index is -1.53. The number of nitrogens with one attached hydrogen (secondary N) is 13. The SMILES string of the molecule is CC[C@H](C)[C@H](NC(=O)[C@H](C)NC(=O)[C@H](CCCN=C(N)N)NC(=O)[C@H](CCCCN)NC(=O)[C@H](Cc1c[nH]c2ccccc12)NC(C)=O)C(=O)N[C@@H](CC(C)C)C(=O)N[C@@H](CCCN=C(N)N)C(=O)N[C@@H](C)C(=O)N[C@@H](CC(C)C)C(=O)N[C@@H](CC(C)C)C(=O)N[C@@H](CCC(N)=O)C(=O)N[C@@H](CCC(=O)O)C(N)=O. The summed E-state index contributed by atoms with van der Waals surface area (Å²) in [4.78, 5) is 215. The molecule has 2 aromatic rings. The van der Waals surface area contributed by atoms with E-state index in [2.05, 4.69) is 78.8 Å². The van der Waals surface area contributed by atoms with Crippen molar-refractivity contribution >= 4 is 111 Å². The van der Waals surface area contributed by atoms with E-state index in [0.29, 0.717) is 19.3 Å². The molecular weight excluding hydrogens is 1420 g/mol. The Balaban J connectivity index is 2.44. The van der Waals surface area contributed by atoms with Crippen LogP contribution in [0.3, 0.4) is 0 Å². The van der Waals surface area contributed by atoms with Crippen molar-refractivity contribution in [3.63, 3.8) is 0 Å². The summed E-state index contributed by atoms with van der Waals surface area (Å²) >= 11 is 0. The van der Waals surface area contributed by atoms with Crippen LogP contribution in [0, 0.1) is 23.7 Å². The van der Waals surface area contributed by atoms with Gasteiger partial charge in [-0.3, -0.25) is 81.9 Å². The van der Waals surface area contributed by atoms with Crippen LogP contribution in [0.5, 0.6) is 0 Å². The number of unbranched alkanes of at least 4 members (excludes halogenated alkanes) is 1. The first-order valence-electron chi connectivity index (χ1n) is 36.9. The van der Waals surface area contributed by atoms with E-state index in [0.717, 1.165) is 16.5 Å². The highest BCUT2D eigenvalue weighted by Gasteiger charge is 2.38. The summed E-state index contributed by atoms with van der Waals surface area (Å²) in [6.45, 7) is 18.2. The summed E-state index contributed by atoms with van der Waals surface area (Å²) in [6.07, 6.45) is 1.33. The summed E-state index contributed by atoms with van der Waals surface area (Å²) in [5, 5.41) is 41.5. The van der Waals surface area contributed by atoms with Gasteiger partial charge in [-0.1, -0.05) is 80.0 Å². The average molecular weight is 1540 g/mol. The lowest BCUT2D eigenvalue weighted by molar-refractivity contribution is -0.138. The van der Waals surface area contributed by atoms with E-state index >= 15 is 0 Å². The zero-order valence-corrected chi connectivity index (χ0v) is 64.6. The van der Waals surface area contributed by atoms with E-state index in [-0.39, 0.29) is 114 Å². The number of para-hydroxylation sites is 1. The van der Waals surface area contributed by atoms with Crippen molar-refractivity contribution in [3.8, 4) is 0 Å². The number of benzene rings is 1. The number of primary amides is 2. The molecule has 1 aromatic carbocycles. The van der Waals surface area contributed by atoms with Gasteiger partial charge >= 0.3 is 5.97 Å². The maximum Gasteiger partial charge on any atom is 0.303 e. The molecule has 28 N–H and O–H groups in total. The summed E-state index contributed by atoms with van der Waals surface area (Å²) in [5.74, 6) is -14.9. The lowest BCUT2D eigenvalue weighted by Crippen LogP contribution is -2.61. The van der Waals surface area contributed by atoms with Crippen LogP contribution in [0.15, 0.2) is 40.4 Å². The number of H-pyrrole nitrogens is 1. The molecule has 38 nitrogen and oxygen atoms in total. The average Bonchev–Trinajstić information content (AvgIpc) is 1.71. The molecule has 0 aliphatic rings. The lowest BCUT2D eigenvalue weighted by atomic mass is 9.96. The molecular formula is C71H120N22O16. The Kier molecular flexibility index (Phi) is 42.1. The number of aliphatic carboxylic acids is 1. The molecule has 109 heavy (non-hydrogen) atoms. The highest BCUT2D eigenvalue weighted by molar-refractivity contribution is 6.00. The van der Waals surface area contributed by atoms with Gasteiger partial charge in [0.2, 0.25) is 82.7 Å². The summed E-state index contributed by atoms with van der Waals surface area (Å²) < 4.78 is 0. The van der Waals surface area contributed by atoms with Crippen molar-refractivity contribution in [2.45, 2.75) is 251 Å². The topological polar surface area (TPSA) is 643 Å². The predicted octanol–water partition coefficient (Wildman–Crippen LogP) is -3.38. The van der Waals surface area contributed by atoms with Crippen LogP contribution < -0.4 is 104 Å². The largest absolute Gasteiger partial charge is 0.481 e. The molecule has 1 aromatic heterocycles. The van der Waals surface area contributed by atoms with Crippen LogP contribution in [0.2, 0.25) is 0 Å². The number of guanidine groups is 2. The Bertz CT molecular complexity index is 3460. The van der Waals surface area contributed by atoms with Gasteiger partial charge in [0.25, 0.3) is 0 Å². The first-order chi connectivity index (χ1) is 51.2. The molecule has 0 fully saturated rings. The van der Waals surface area contributed by atoms with E-state index in [9.17, 15) is 71.9 Å². The molecule has 1 heterocycles. The Labute approximate surface area is 635 Å². The second kappa shape index (κ2) is 48.6. The molecule has 13 atom stereocenters. The zero-order chi connectivity index (χ0) is 82.4. The van der Waals surface area contributed by atoms with E-state index in [1.165, 1.54) is 20.8 Å². The number of fused-ring (bicyclic) bond motifs is 1. The fourth-order valence-corrected chi connectivity index (χ4v) is 11.4. The summed E-state index contributed by atoms with van der Waals surface area (Å²) in [7, 11) is 0. The monoisotopic (exact) mass is 1540 g/mol. The van der Waals surface area contributed by atoms with E-state index in [1.54, 1.807) is 61.6 Å². The van der Waals surface area contributed by atoms with Crippen LogP contribution in [0.1, 0.15) is 178 Å². The zero-order valence-electron chi connectivity index (χ0n) is 64.6. The van der Waals surface area contributed by atoms with Crippen molar-refractivity contribution in [2.75, 3.05) is 19.6 Å². The van der Waals surface area contributed by atoms with Crippen molar-refractivity contribution in [3.05, 3.63) is 36.0 Å². The predicted molar refractivity (Wildman–Crippen MR) is 407 cm³/mol. The Morgan fingerprint density at radius 1 is 0.431 bits per heavy atom. The second-order valence-electron chi connectivity index (χ2n) is 28.5. The van der Waals surface area contributed by atoms with Crippen molar-refractivity contribution < 1.29 is 77.0 Å². The van der Waals surface area contributed by atoms with Crippen LogP contribution in [0.4, 0.5) is 0 Å². The highest BCUT2D eigenvalue weighted by Crippen LogP contribution is 2.21. The molecule has 0 spiro atoms. The number of rotatable bonds is 52. The van der Waals surface area contributed by atoms with Crippen LogP contribution >= 0.6 is 0 Å². The third kappa shape index (κ3) is 36.2. The van der Waals surface area contributed by atoms with Gasteiger partial charge in [0.1, 0.15) is 72.5 Å². The molecule has 0 aliphatic heterocycles. The van der Waals surface area contributed by atoms with Crippen LogP contribution in [0.25, 0.3) is 10.9 Å². The van der Waals surface area contributed by atoms with Gasteiger partial charge in [0.15, 0.2) is 11.9 Å². The van der Waals surface area contributed by atoms with Gasteiger partial charge in [0, 0.05) is 56.4 Å². The third-order valence-corrected chi connectivity index (χ3v) is 17.5. The van der Waals surface area contributed by atoms with E-state index in [4.69, 9.17) is 45.2 Å². The number of aromatic nitrogens is 1. The van der Waals surface area contributed by atoms with E-state index in [1.807, 2.05) is 24.3 Å². The molecule has 0 aliphatic carbocycles. The maximum absolute atomic E-state index is 14.6. The number of carboxylic acid groups (broad SMARTS) is 1. The normalized spacial score (nSPS) is 14.8. The number of carboxylic acids is 1. The third-order valence-electron chi connectivity index (χ3n) is 17.5. The lowest BCUT2D eigenvalue weighted by Gasteiger charge is -2.30. The second-order valence-corrected chi connectivity index (χ2v) is 28.5. The number of nitrogens with two attached hydrogens (primary N) is 7. The molecule has 14 amide bonds.